The summed E-state index contributed by atoms with van der Waals surface area (Å²) in [5, 5.41) is 5.74. The lowest BCUT2D eigenvalue weighted by Gasteiger charge is -2.08. The zero-order chi connectivity index (χ0) is 28.0. The van der Waals surface area contributed by atoms with Crippen molar-refractivity contribution in [3.05, 3.63) is 138 Å². The van der Waals surface area contributed by atoms with E-state index in [2.05, 4.69) is 15.2 Å². The fourth-order valence-corrected chi connectivity index (χ4v) is 5.00. The number of hydrogen-bond donors (Lipinski definition) is 2. The van der Waals surface area contributed by atoms with Gasteiger partial charge in [0.1, 0.15) is 5.75 Å². The van der Waals surface area contributed by atoms with Crippen LogP contribution in [0.25, 0.3) is 10.8 Å². The van der Waals surface area contributed by atoms with Gasteiger partial charge < -0.3 is 4.74 Å². The molecule has 5 aromatic rings. The van der Waals surface area contributed by atoms with E-state index < -0.39 is 21.9 Å². The fraction of sp³-hybridized carbons (Fsp3) is 0. The van der Waals surface area contributed by atoms with Gasteiger partial charge in [0.2, 0.25) is 0 Å². The molecule has 0 atom stereocenters. The maximum absolute atomic E-state index is 12.7. The second-order valence-electron chi connectivity index (χ2n) is 8.68. The Morgan fingerprint density at radius 2 is 1.40 bits per heavy atom. The minimum atomic E-state index is -3.73. The molecule has 0 aliphatic carbocycles. The van der Waals surface area contributed by atoms with Gasteiger partial charge in [-0.25, -0.2) is 18.6 Å². The van der Waals surface area contributed by atoms with Gasteiger partial charge in [0, 0.05) is 11.3 Å². The van der Waals surface area contributed by atoms with E-state index in [4.69, 9.17) is 4.74 Å². The van der Waals surface area contributed by atoms with Crippen LogP contribution >= 0.6 is 0 Å². The van der Waals surface area contributed by atoms with Crippen molar-refractivity contribution in [1.29, 1.82) is 0 Å². The average molecular weight is 550 g/mol. The Kier molecular flexibility index (Phi) is 7.65. The molecule has 0 radical (unpaired) electrons. The number of benzene rings is 5. The molecule has 9 heteroatoms. The number of esters is 1. The maximum Gasteiger partial charge on any atom is 0.344 e. The molecular weight excluding hydrogens is 526 g/mol. The summed E-state index contributed by atoms with van der Waals surface area (Å²) in [6.07, 6.45) is 1.45. The zero-order valence-corrected chi connectivity index (χ0v) is 21.8. The molecule has 0 unspecified atom stereocenters. The third kappa shape index (κ3) is 6.23. The van der Waals surface area contributed by atoms with Crippen molar-refractivity contribution in [2.45, 2.75) is 4.90 Å². The number of rotatable bonds is 8. The molecule has 0 spiro atoms. The number of carbonyl (C=O) groups excluding carboxylic acids is 2. The van der Waals surface area contributed by atoms with Crippen LogP contribution in [0.15, 0.2) is 131 Å². The number of ether oxygens (including phenoxy) is 1. The van der Waals surface area contributed by atoms with Crippen molar-refractivity contribution in [2.24, 2.45) is 5.10 Å². The first-order valence-electron chi connectivity index (χ1n) is 12.2. The summed E-state index contributed by atoms with van der Waals surface area (Å²) in [6.45, 7) is 0. The zero-order valence-electron chi connectivity index (χ0n) is 21.0. The Morgan fingerprint density at radius 1 is 0.725 bits per heavy atom. The van der Waals surface area contributed by atoms with Crippen molar-refractivity contribution in [3.63, 3.8) is 0 Å². The number of fused-ring (bicyclic) bond motifs is 1. The number of sulfonamides is 1. The van der Waals surface area contributed by atoms with E-state index in [0.717, 1.165) is 10.8 Å². The van der Waals surface area contributed by atoms with Crippen molar-refractivity contribution < 1.29 is 22.7 Å². The van der Waals surface area contributed by atoms with E-state index in [9.17, 15) is 18.0 Å². The summed E-state index contributed by atoms with van der Waals surface area (Å²) in [5.74, 6) is -0.541. The summed E-state index contributed by atoms with van der Waals surface area (Å²) >= 11 is 0. The molecule has 1 amide bonds. The molecule has 0 heterocycles. The minimum absolute atomic E-state index is 0.141. The first kappa shape index (κ1) is 26.3. The van der Waals surface area contributed by atoms with Gasteiger partial charge in [0.15, 0.2) is 0 Å². The summed E-state index contributed by atoms with van der Waals surface area (Å²) in [5.41, 5.74) is 4.21. The van der Waals surface area contributed by atoms with Crippen LogP contribution < -0.4 is 14.9 Å². The van der Waals surface area contributed by atoms with E-state index in [1.54, 1.807) is 48.5 Å². The van der Waals surface area contributed by atoms with Gasteiger partial charge in [-0.2, -0.15) is 5.10 Å². The van der Waals surface area contributed by atoms with E-state index in [1.165, 1.54) is 42.6 Å². The number of nitrogens with zero attached hydrogens (tertiary/aromatic N) is 1. The molecule has 5 aromatic carbocycles. The molecule has 0 aromatic heterocycles. The van der Waals surface area contributed by atoms with Crippen LogP contribution in [0.5, 0.6) is 5.75 Å². The lowest BCUT2D eigenvalue weighted by molar-refractivity contribution is 0.0736. The highest BCUT2D eigenvalue weighted by Gasteiger charge is 2.14. The molecule has 0 saturated heterocycles. The smallest absolute Gasteiger partial charge is 0.344 e. The van der Waals surface area contributed by atoms with Crippen LogP contribution in [-0.2, 0) is 10.0 Å². The molecule has 5 rings (SSSR count). The first-order chi connectivity index (χ1) is 19.4. The standard InChI is InChI=1S/C31H23N3O5S/c35-30(24-15-17-25(18-16-24)34-40(37,38)27-9-2-1-3-10-27)33-32-21-22-13-19-26(20-14-22)39-31(36)29-12-6-8-23-7-4-5-11-28(23)29/h1-21,34H,(H,33,35). The summed E-state index contributed by atoms with van der Waals surface area (Å²) in [4.78, 5) is 25.3. The molecule has 8 nitrogen and oxygen atoms in total. The predicted octanol–water partition coefficient (Wildman–Crippen LogP) is 5.62. The number of hydrogen-bond acceptors (Lipinski definition) is 6. The Balaban J connectivity index is 1.16. The quantitative estimate of drug-likeness (QED) is 0.113. The molecule has 0 bridgehead atoms. The second kappa shape index (κ2) is 11.6. The second-order valence-corrected chi connectivity index (χ2v) is 10.4. The molecule has 198 valence electrons. The van der Waals surface area contributed by atoms with Crippen LogP contribution in [0.2, 0.25) is 0 Å². The van der Waals surface area contributed by atoms with Crippen LogP contribution in [-0.4, -0.2) is 26.5 Å². The van der Waals surface area contributed by atoms with E-state index >= 15 is 0 Å². The van der Waals surface area contributed by atoms with Gasteiger partial charge in [-0.05, 0) is 83.1 Å². The third-order valence-electron chi connectivity index (χ3n) is 5.93. The lowest BCUT2D eigenvalue weighted by Crippen LogP contribution is -2.18. The molecule has 0 aliphatic rings. The highest BCUT2D eigenvalue weighted by molar-refractivity contribution is 7.92. The highest BCUT2D eigenvalue weighted by Crippen LogP contribution is 2.21. The lowest BCUT2D eigenvalue weighted by atomic mass is 10.0. The number of carbonyl (C=O) groups is 2. The molecule has 2 N–H and O–H groups in total. The monoisotopic (exact) mass is 549 g/mol. The molecular formula is C31H23N3O5S. The molecule has 0 aliphatic heterocycles. The molecule has 0 fully saturated rings. The third-order valence-corrected chi connectivity index (χ3v) is 7.33. The van der Waals surface area contributed by atoms with Crippen molar-refractivity contribution in [2.75, 3.05) is 4.72 Å². The highest BCUT2D eigenvalue weighted by atomic mass is 32.2. The van der Waals surface area contributed by atoms with Gasteiger partial charge in [-0.3, -0.25) is 9.52 Å². The van der Waals surface area contributed by atoms with Crippen molar-refractivity contribution in [3.8, 4) is 5.75 Å². The van der Waals surface area contributed by atoms with Crippen LogP contribution in [0.3, 0.4) is 0 Å². The average Bonchev–Trinajstić information content (AvgIpc) is 2.98. The van der Waals surface area contributed by atoms with Crippen LogP contribution in [0.1, 0.15) is 26.3 Å². The van der Waals surface area contributed by atoms with Crippen LogP contribution in [0.4, 0.5) is 5.69 Å². The minimum Gasteiger partial charge on any atom is -0.423 e. The Bertz CT molecular complexity index is 1800. The molecule has 0 saturated carbocycles. The largest absolute Gasteiger partial charge is 0.423 e. The predicted molar refractivity (Wildman–Crippen MR) is 154 cm³/mol. The normalized spacial score (nSPS) is 11.3. The van der Waals surface area contributed by atoms with E-state index in [-0.39, 0.29) is 4.90 Å². The van der Waals surface area contributed by atoms with Gasteiger partial charge in [0.25, 0.3) is 15.9 Å². The maximum atomic E-state index is 12.7. The van der Waals surface area contributed by atoms with Crippen molar-refractivity contribution >= 4 is 44.6 Å². The summed E-state index contributed by atoms with van der Waals surface area (Å²) < 4.78 is 32.9. The van der Waals surface area contributed by atoms with E-state index in [1.807, 2.05) is 36.4 Å². The van der Waals surface area contributed by atoms with Crippen molar-refractivity contribution in [1.82, 2.24) is 5.43 Å². The van der Waals surface area contributed by atoms with Gasteiger partial charge in [0.05, 0.1) is 16.7 Å². The topological polar surface area (TPSA) is 114 Å². The number of nitrogens with one attached hydrogen (secondary N) is 2. The van der Waals surface area contributed by atoms with Gasteiger partial charge in [-0.15, -0.1) is 0 Å². The Morgan fingerprint density at radius 3 is 2.15 bits per heavy atom. The van der Waals surface area contributed by atoms with Crippen LogP contribution in [0, 0.1) is 0 Å². The van der Waals surface area contributed by atoms with Gasteiger partial charge in [-0.1, -0.05) is 54.6 Å². The summed E-state index contributed by atoms with van der Waals surface area (Å²) in [7, 11) is -3.73. The number of hydrazone groups is 1. The Hall–Kier alpha value is -5.28. The number of amides is 1. The summed E-state index contributed by atoms with van der Waals surface area (Å²) in [6, 6.07) is 33.7. The molecule has 40 heavy (non-hydrogen) atoms. The first-order valence-corrected chi connectivity index (χ1v) is 13.7. The van der Waals surface area contributed by atoms with Gasteiger partial charge >= 0.3 is 5.97 Å². The van der Waals surface area contributed by atoms with E-state index in [0.29, 0.717) is 28.1 Å². The fourth-order valence-electron chi connectivity index (χ4n) is 3.92. The Labute approximate surface area is 231 Å². The SMILES string of the molecule is O=C(NN=Cc1ccc(OC(=O)c2cccc3ccccc23)cc1)c1ccc(NS(=O)(=O)c2ccccc2)cc1. The number of anilines is 1.